The number of alkyl halides is 2. The van der Waals surface area contributed by atoms with Crippen LogP contribution in [0.15, 0.2) is 24.3 Å². The smallest absolute Gasteiger partial charge is 0.377 e. The highest BCUT2D eigenvalue weighted by atomic mass is 19.3. The fourth-order valence-corrected chi connectivity index (χ4v) is 2.37. The normalized spacial score (nSPS) is 13.0. The highest BCUT2D eigenvalue weighted by Crippen LogP contribution is 2.26. The average molecular weight is 369 g/mol. The summed E-state index contributed by atoms with van der Waals surface area (Å²) in [6.07, 6.45) is -1.16. The predicted molar refractivity (Wildman–Crippen MR) is 93.3 cm³/mol. The molecular weight excluding hydrogens is 344 g/mol. The van der Waals surface area contributed by atoms with Crippen molar-refractivity contribution in [2.24, 2.45) is 0 Å². The van der Waals surface area contributed by atoms with E-state index in [-0.39, 0.29) is 17.6 Å². The number of nitrogens with one attached hydrogen (secondary N) is 1. The van der Waals surface area contributed by atoms with Crippen molar-refractivity contribution in [3.05, 3.63) is 35.4 Å². The van der Waals surface area contributed by atoms with Crippen LogP contribution in [0, 0.1) is 0 Å². The van der Waals surface area contributed by atoms with E-state index in [4.69, 9.17) is 0 Å². The van der Waals surface area contributed by atoms with E-state index in [9.17, 15) is 23.2 Å². The number of ketones is 1. The van der Waals surface area contributed by atoms with Gasteiger partial charge >= 0.3 is 11.9 Å². The van der Waals surface area contributed by atoms with Gasteiger partial charge in [0.05, 0.1) is 19.1 Å². The minimum atomic E-state index is -3.88. The maximum Gasteiger partial charge on any atom is 0.377 e. The molecule has 26 heavy (non-hydrogen) atoms. The lowest BCUT2D eigenvalue weighted by atomic mass is 9.86. The van der Waals surface area contributed by atoms with Crippen LogP contribution in [0.4, 0.5) is 8.78 Å². The SMILES string of the molecule is CCOC(=O)C(F)(F)CC(NC(C)=O)C(=O)c1ccc(C(C)(C)C)cc1. The predicted octanol–water partition coefficient (Wildman–Crippen LogP) is 3.26. The summed E-state index contributed by atoms with van der Waals surface area (Å²) in [6, 6.07) is 5.00. The molecule has 7 heteroatoms. The minimum Gasteiger partial charge on any atom is -0.462 e. The first-order valence-corrected chi connectivity index (χ1v) is 8.35. The Balaban J connectivity index is 3.07. The molecule has 1 aromatic rings. The van der Waals surface area contributed by atoms with Crippen molar-refractivity contribution in [2.45, 2.75) is 58.4 Å². The number of amides is 1. The van der Waals surface area contributed by atoms with Crippen LogP contribution in [0.1, 0.15) is 57.0 Å². The molecule has 1 aromatic carbocycles. The van der Waals surface area contributed by atoms with E-state index < -0.39 is 36.0 Å². The molecule has 0 saturated heterocycles. The van der Waals surface area contributed by atoms with Crippen molar-refractivity contribution in [2.75, 3.05) is 6.61 Å². The Labute approximate surface area is 152 Å². The molecule has 0 saturated carbocycles. The number of ether oxygens (including phenoxy) is 1. The van der Waals surface area contributed by atoms with Crippen LogP contribution in [-0.2, 0) is 19.7 Å². The topological polar surface area (TPSA) is 72.5 Å². The molecule has 1 unspecified atom stereocenters. The molecule has 1 rings (SSSR count). The number of Topliss-reactive ketones (excluding diaryl/α,β-unsaturated/α-hetero) is 1. The number of halogens is 2. The molecule has 1 N–H and O–H groups in total. The Bertz CT molecular complexity index is 663. The first-order valence-electron chi connectivity index (χ1n) is 8.35. The molecule has 144 valence electrons. The second-order valence-corrected chi connectivity index (χ2v) is 7.07. The minimum absolute atomic E-state index is 0.129. The monoisotopic (exact) mass is 369 g/mol. The van der Waals surface area contributed by atoms with Crippen molar-refractivity contribution < 1.29 is 27.9 Å². The summed E-state index contributed by atoms with van der Waals surface area (Å²) < 4.78 is 32.4. The summed E-state index contributed by atoms with van der Waals surface area (Å²) in [5, 5.41) is 2.20. The van der Waals surface area contributed by atoms with Gasteiger partial charge in [0, 0.05) is 12.5 Å². The Hall–Kier alpha value is -2.31. The number of benzene rings is 1. The van der Waals surface area contributed by atoms with Gasteiger partial charge in [-0.15, -0.1) is 0 Å². The second-order valence-electron chi connectivity index (χ2n) is 7.07. The quantitative estimate of drug-likeness (QED) is 0.591. The van der Waals surface area contributed by atoms with Crippen LogP contribution in [0.2, 0.25) is 0 Å². The summed E-state index contributed by atoms with van der Waals surface area (Å²) in [5.41, 5.74) is 1.02. The largest absolute Gasteiger partial charge is 0.462 e. The lowest BCUT2D eigenvalue weighted by molar-refractivity contribution is -0.172. The van der Waals surface area contributed by atoms with E-state index in [0.29, 0.717) is 0 Å². The molecule has 0 spiro atoms. The standard InChI is InChI=1S/C19H25F2NO4/c1-6-26-17(25)19(20,21)11-15(22-12(2)23)16(24)13-7-9-14(10-8-13)18(3,4)5/h7-10,15H,6,11H2,1-5H3,(H,22,23). The van der Waals surface area contributed by atoms with E-state index >= 15 is 0 Å². The Morgan fingerprint density at radius 3 is 2.08 bits per heavy atom. The fraction of sp³-hybridized carbons (Fsp3) is 0.526. The Morgan fingerprint density at radius 2 is 1.65 bits per heavy atom. The zero-order chi connectivity index (χ0) is 20.1. The number of carbonyl (C=O) groups excluding carboxylic acids is 3. The van der Waals surface area contributed by atoms with E-state index in [1.165, 1.54) is 19.1 Å². The number of rotatable bonds is 7. The van der Waals surface area contributed by atoms with Crippen LogP contribution < -0.4 is 5.32 Å². The van der Waals surface area contributed by atoms with Crippen LogP contribution in [0.5, 0.6) is 0 Å². The third kappa shape index (κ3) is 5.89. The second kappa shape index (κ2) is 8.38. The number of hydrogen-bond donors (Lipinski definition) is 1. The van der Waals surface area contributed by atoms with E-state index in [0.717, 1.165) is 12.5 Å². The lowest BCUT2D eigenvalue weighted by Crippen LogP contribution is -2.46. The molecule has 1 amide bonds. The Morgan fingerprint density at radius 1 is 1.12 bits per heavy atom. The first kappa shape index (κ1) is 21.7. The van der Waals surface area contributed by atoms with Crippen LogP contribution in [-0.4, -0.2) is 36.2 Å². The zero-order valence-corrected chi connectivity index (χ0v) is 15.7. The van der Waals surface area contributed by atoms with Crippen molar-refractivity contribution in [1.29, 1.82) is 0 Å². The van der Waals surface area contributed by atoms with E-state index in [1.807, 2.05) is 20.8 Å². The number of carbonyl (C=O) groups is 3. The van der Waals surface area contributed by atoms with Gasteiger partial charge in [0.15, 0.2) is 5.78 Å². The third-order valence-electron chi connectivity index (χ3n) is 3.76. The van der Waals surface area contributed by atoms with Crippen molar-refractivity contribution in [3.8, 4) is 0 Å². The van der Waals surface area contributed by atoms with Gasteiger partial charge in [0.1, 0.15) is 0 Å². The van der Waals surface area contributed by atoms with Crippen LogP contribution in [0.25, 0.3) is 0 Å². The highest BCUT2D eigenvalue weighted by Gasteiger charge is 2.44. The molecule has 0 aliphatic carbocycles. The Kier molecular flexibility index (Phi) is 7.00. The number of esters is 1. The fourth-order valence-electron chi connectivity index (χ4n) is 2.37. The third-order valence-corrected chi connectivity index (χ3v) is 3.76. The van der Waals surface area contributed by atoms with Crippen molar-refractivity contribution in [3.63, 3.8) is 0 Å². The summed E-state index contributed by atoms with van der Waals surface area (Å²) in [4.78, 5) is 35.3. The average Bonchev–Trinajstić information content (AvgIpc) is 2.52. The van der Waals surface area contributed by atoms with Crippen LogP contribution in [0.3, 0.4) is 0 Å². The molecule has 5 nitrogen and oxygen atoms in total. The van der Waals surface area contributed by atoms with Gasteiger partial charge in [-0.05, 0) is 17.9 Å². The molecule has 1 atom stereocenters. The molecule has 0 aromatic heterocycles. The summed E-state index contributed by atoms with van der Waals surface area (Å²) >= 11 is 0. The maximum atomic E-state index is 14.0. The van der Waals surface area contributed by atoms with Crippen molar-refractivity contribution in [1.82, 2.24) is 5.32 Å². The maximum absolute atomic E-state index is 14.0. The van der Waals surface area contributed by atoms with Gasteiger partial charge in [-0.2, -0.15) is 8.78 Å². The lowest BCUT2D eigenvalue weighted by Gasteiger charge is -2.23. The molecule has 0 bridgehead atoms. The molecule has 0 aliphatic heterocycles. The highest BCUT2D eigenvalue weighted by molar-refractivity contribution is 6.02. The molecule has 0 fully saturated rings. The van der Waals surface area contributed by atoms with Gasteiger partial charge in [-0.25, -0.2) is 4.79 Å². The number of hydrogen-bond acceptors (Lipinski definition) is 4. The van der Waals surface area contributed by atoms with Crippen molar-refractivity contribution >= 4 is 17.7 Å². The first-order chi connectivity index (χ1) is 11.9. The zero-order valence-electron chi connectivity index (χ0n) is 15.7. The summed E-state index contributed by atoms with van der Waals surface area (Å²) in [6.45, 7) is 8.33. The van der Waals surface area contributed by atoms with Gasteiger partial charge in [0.25, 0.3) is 0 Å². The molecular formula is C19H25F2NO4. The van der Waals surface area contributed by atoms with E-state index in [1.54, 1.807) is 12.1 Å². The molecule has 0 aliphatic rings. The van der Waals surface area contributed by atoms with Gasteiger partial charge in [0.2, 0.25) is 5.91 Å². The van der Waals surface area contributed by atoms with Crippen LogP contribution >= 0.6 is 0 Å². The summed E-state index contributed by atoms with van der Waals surface area (Å²) in [7, 11) is 0. The van der Waals surface area contributed by atoms with Gasteiger partial charge < -0.3 is 10.1 Å². The van der Waals surface area contributed by atoms with Gasteiger partial charge in [-0.3, -0.25) is 9.59 Å². The molecule has 0 radical (unpaired) electrons. The summed E-state index contributed by atoms with van der Waals surface area (Å²) in [5.74, 6) is -6.94. The van der Waals surface area contributed by atoms with E-state index in [2.05, 4.69) is 10.1 Å². The van der Waals surface area contributed by atoms with Gasteiger partial charge in [-0.1, -0.05) is 45.0 Å². The molecule has 0 heterocycles.